The molecule has 0 radical (unpaired) electrons. The summed E-state index contributed by atoms with van der Waals surface area (Å²) < 4.78 is 12.6. The van der Waals surface area contributed by atoms with Crippen LogP contribution in [0, 0.1) is 0 Å². The number of benzene rings is 1. The first-order chi connectivity index (χ1) is 14.5. The Morgan fingerprint density at radius 2 is 2.03 bits per heavy atom. The topological polar surface area (TPSA) is 78.3 Å². The van der Waals surface area contributed by atoms with E-state index in [1.54, 1.807) is 14.2 Å². The molecule has 0 fully saturated rings. The Balaban J connectivity index is 1.90. The average Bonchev–Trinajstić information content (AvgIpc) is 3.13. The van der Waals surface area contributed by atoms with Gasteiger partial charge >= 0.3 is 0 Å². The van der Waals surface area contributed by atoms with Gasteiger partial charge in [-0.3, -0.25) is 4.79 Å². The predicted octanol–water partition coefficient (Wildman–Crippen LogP) is 3.66. The summed E-state index contributed by atoms with van der Waals surface area (Å²) in [5.74, 6) is 2.30. The number of ether oxygens (including phenoxy) is 2. The number of aryl methyl sites for hydroxylation is 1. The zero-order valence-corrected chi connectivity index (χ0v) is 19.1. The zero-order chi connectivity index (χ0) is 21.9. The maximum atomic E-state index is 12.6. The molecule has 0 aliphatic heterocycles. The fraction of sp³-hybridized carbons (Fsp3) is 0.500. The van der Waals surface area contributed by atoms with Crippen LogP contribution in [0.15, 0.2) is 36.0 Å². The lowest BCUT2D eigenvalue weighted by molar-refractivity contribution is -0.120. The number of hydrogen-bond acceptors (Lipinski definition) is 6. The molecule has 1 atom stereocenters. The summed E-state index contributed by atoms with van der Waals surface area (Å²) >= 11 is 1.42. The van der Waals surface area contributed by atoms with Gasteiger partial charge in [0.25, 0.3) is 0 Å². The fourth-order valence-electron chi connectivity index (χ4n) is 2.96. The molecule has 1 aromatic heterocycles. The molecule has 1 N–H and O–H groups in total. The Bertz CT molecular complexity index is 838. The molecule has 0 bridgehead atoms. The summed E-state index contributed by atoms with van der Waals surface area (Å²) in [6.45, 7) is 9.04. The lowest BCUT2D eigenvalue weighted by Crippen LogP contribution is -2.32. The summed E-state index contributed by atoms with van der Waals surface area (Å²) in [6.07, 6.45) is 5.58. The second kappa shape index (κ2) is 12.3. The van der Waals surface area contributed by atoms with Crippen molar-refractivity contribution in [2.24, 2.45) is 0 Å². The zero-order valence-electron chi connectivity index (χ0n) is 18.3. The number of unbranched alkanes of at least 4 members (excludes halogenated alkanes) is 1. The van der Waals surface area contributed by atoms with Gasteiger partial charge < -0.3 is 19.4 Å². The van der Waals surface area contributed by atoms with Gasteiger partial charge in [-0.2, -0.15) is 0 Å². The number of aromatic nitrogens is 3. The van der Waals surface area contributed by atoms with E-state index >= 15 is 0 Å². The van der Waals surface area contributed by atoms with Gasteiger partial charge in [0.1, 0.15) is 5.82 Å². The third-order valence-corrected chi connectivity index (χ3v) is 5.75. The van der Waals surface area contributed by atoms with Gasteiger partial charge in [-0.1, -0.05) is 37.2 Å². The minimum Gasteiger partial charge on any atom is -0.493 e. The third kappa shape index (κ3) is 6.52. The van der Waals surface area contributed by atoms with Gasteiger partial charge in [0.05, 0.1) is 19.5 Å². The van der Waals surface area contributed by atoms with Crippen LogP contribution in [0.1, 0.15) is 38.1 Å². The molecule has 0 spiro atoms. The third-order valence-electron chi connectivity index (χ3n) is 4.67. The number of rotatable bonds is 13. The fourth-order valence-corrected chi connectivity index (χ4v) is 3.86. The number of carbonyl (C=O) groups excluding carboxylic acids is 1. The molecule has 1 heterocycles. The molecule has 30 heavy (non-hydrogen) atoms. The highest BCUT2D eigenvalue weighted by Gasteiger charge is 2.19. The molecule has 0 aliphatic carbocycles. The van der Waals surface area contributed by atoms with E-state index in [1.807, 2.05) is 35.8 Å². The number of amides is 1. The van der Waals surface area contributed by atoms with Crippen molar-refractivity contribution >= 4 is 17.7 Å². The molecule has 0 aliphatic rings. The largest absolute Gasteiger partial charge is 0.493 e. The maximum absolute atomic E-state index is 12.6. The normalized spacial score (nSPS) is 11.7. The first kappa shape index (κ1) is 23.8. The van der Waals surface area contributed by atoms with Gasteiger partial charge in [0, 0.05) is 19.5 Å². The van der Waals surface area contributed by atoms with Gasteiger partial charge in [-0.25, -0.2) is 0 Å². The van der Waals surface area contributed by atoms with E-state index in [4.69, 9.17) is 9.47 Å². The average molecular weight is 433 g/mol. The predicted molar refractivity (Wildman–Crippen MR) is 120 cm³/mol. The van der Waals surface area contributed by atoms with Crippen LogP contribution >= 0.6 is 11.8 Å². The second-order valence-electron chi connectivity index (χ2n) is 6.89. The summed E-state index contributed by atoms with van der Waals surface area (Å²) in [5.41, 5.74) is 1.07. The monoisotopic (exact) mass is 432 g/mol. The summed E-state index contributed by atoms with van der Waals surface area (Å²) in [5, 5.41) is 12.1. The van der Waals surface area contributed by atoms with Crippen molar-refractivity contribution in [1.82, 2.24) is 20.1 Å². The first-order valence-corrected chi connectivity index (χ1v) is 11.1. The van der Waals surface area contributed by atoms with Crippen LogP contribution in [-0.4, -0.2) is 46.7 Å². The molecular weight excluding hydrogens is 400 g/mol. The van der Waals surface area contributed by atoms with Crippen molar-refractivity contribution < 1.29 is 14.3 Å². The summed E-state index contributed by atoms with van der Waals surface area (Å²) in [4.78, 5) is 12.6. The van der Waals surface area contributed by atoms with Crippen LogP contribution < -0.4 is 14.8 Å². The lowest BCUT2D eigenvalue weighted by Gasteiger charge is -2.13. The molecule has 2 rings (SSSR count). The van der Waals surface area contributed by atoms with Gasteiger partial charge in [-0.15, -0.1) is 16.8 Å². The number of allylic oxidation sites excluding steroid dienone is 1. The maximum Gasteiger partial charge on any atom is 0.233 e. The SMILES string of the molecule is C=CCn1c(CCCC)nnc1S[C@H](C)C(=O)NCCc1ccc(OC)c(OC)c1. The van der Waals surface area contributed by atoms with E-state index in [0.29, 0.717) is 31.0 Å². The van der Waals surface area contributed by atoms with Crippen molar-refractivity contribution in [3.8, 4) is 11.5 Å². The molecule has 1 amide bonds. The summed E-state index contributed by atoms with van der Waals surface area (Å²) in [6, 6.07) is 5.77. The Morgan fingerprint density at radius 1 is 1.27 bits per heavy atom. The van der Waals surface area contributed by atoms with Gasteiger partial charge in [0.2, 0.25) is 5.91 Å². The highest BCUT2D eigenvalue weighted by molar-refractivity contribution is 8.00. The Kier molecular flexibility index (Phi) is 9.73. The Morgan fingerprint density at radius 3 is 2.70 bits per heavy atom. The molecule has 1 aromatic carbocycles. The van der Waals surface area contributed by atoms with Gasteiger partial charge in [0.15, 0.2) is 16.7 Å². The van der Waals surface area contributed by atoms with E-state index in [0.717, 1.165) is 35.8 Å². The highest BCUT2D eigenvalue weighted by Crippen LogP contribution is 2.27. The van der Waals surface area contributed by atoms with Crippen LogP contribution in [-0.2, 0) is 24.2 Å². The van der Waals surface area contributed by atoms with Crippen molar-refractivity contribution in [2.45, 2.75) is 56.5 Å². The van der Waals surface area contributed by atoms with E-state index in [2.05, 4.69) is 29.0 Å². The number of nitrogens with zero attached hydrogens (tertiary/aromatic N) is 3. The number of nitrogens with one attached hydrogen (secondary N) is 1. The number of methoxy groups -OCH3 is 2. The quantitative estimate of drug-likeness (QED) is 0.384. The molecule has 0 saturated carbocycles. The number of hydrogen-bond donors (Lipinski definition) is 1. The smallest absolute Gasteiger partial charge is 0.233 e. The summed E-state index contributed by atoms with van der Waals surface area (Å²) in [7, 11) is 3.22. The molecule has 8 heteroatoms. The molecular formula is C22H32N4O3S. The standard InChI is InChI=1S/C22H32N4O3S/c1-6-8-9-20-24-25-22(26(20)14-7-2)30-16(3)21(27)23-13-12-17-10-11-18(28-4)19(15-17)29-5/h7,10-11,15-16H,2,6,8-9,12-14H2,1,3-5H3,(H,23,27)/t16-/m1/s1. The Labute approximate surface area is 183 Å². The number of carbonyl (C=O) groups is 1. The Hall–Kier alpha value is -2.48. The molecule has 0 saturated heterocycles. The van der Waals surface area contributed by atoms with E-state index < -0.39 is 0 Å². The second-order valence-corrected chi connectivity index (χ2v) is 8.20. The van der Waals surface area contributed by atoms with Crippen molar-refractivity contribution in [3.05, 3.63) is 42.2 Å². The van der Waals surface area contributed by atoms with Crippen LogP contribution in [0.2, 0.25) is 0 Å². The van der Waals surface area contributed by atoms with Crippen molar-refractivity contribution in [3.63, 3.8) is 0 Å². The molecule has 7 nitrogen and oxygen atoms in total. The van der Waals surface area contributed by atoms with E-state index in [1.165, 1.54) is 11.8 Å². The molecule has 0 unspecified atom stereocenters. The van der Waals surface area contributed by atoms with Crippen molar-refractivity contribution in [1.29, 1.82) is 0 Å². The van der Waals surface area contributed by atoms with Gasteiger partial charge in [-0.05, 0) is 37.5 Å². The lowest BCUT2D eigenvalue weighted by atomic mass is 10.1. The van der Waals surface area contributed by atoms with E-state index in [-0.39, 0.29) is 11.2 Å². The highest BCUT2D eigenvalue weighted by atomic mass is 32.2. The minimum atomic E-state index is -0.276. The number of thioether (sulfide) groups is 1. The molecule has 164 valence electrons. The van der Waals surface area contributed by atoms with Crippen LogP contribution in [0.4, 0.5) is 0 Å². The van der Waals surface area contributed by atoms with Crippen LogP contribution in [0.5, 0.6) is 11.5 Å². The van der Waals surface area contributed by atoms with Crippen LogP contribution in [0.3, 0.4) is 0 Å². The van der Waals surface area contributed by atoms with E-state index in [9.17, 15) is 4.79 Å². The van der Waals surface area contributed by atoms with Crippen LogP contribution in [0.25, 0.3) is 0 Å². The van der Waals surface area contributed by atoms with Crippen molar-refractivity contribution in [2.75, 3.05) is 20.8 Å². The molecule has 2 aromatic rings. The minimum absolute atomic E-state index is 0.0243. The first-order valence-electron chi connectivity index (χ1n) is 10.2.